The third-order valence-electron chi connectivity index (χ3n) is 2.10. The van der Waals surface area contributed by atoms with E-state index in [4.69, 9.17) is 5.73 Å². The fourth-order valence-electron chi connectivity index (χ4n) is 1.28. The van der Waals surface area contributed by atoms with Crippen LogP contribution in [0.4, 0.5) is 8.78 Å². The molecule has 3 N–H and O–H groups in total. The van der Waals surface area contributed by atoms with Gasteiger partial charge in [-0.25, -0.2) is 8.78 Å². The van der Waals surface area contributed by atoms with Gasteiger partial charge in [0.1, 0.15) is 11.6 Å². The second-order valence-corrected chi connectivity index (χ2v) is 3.37. The molecule has 88 valence electrons. The zero-order chi connectivity index (χ0) is 12.0. The van der Waals surface area contributed by atoms with E-state index < -0.39 is 11.6 Å². The molecule has 0 aromatic heterocycles. The van der Waals surface area contributed by atoms with E-state index in [1.54, 1.807) is 0 Å². The quantitative estimate of drug-likeness (QED) is 0.789. The number of carbonyl (C=O) groups excluding carboxylic acids is 1. The third-order valence-corrected chi connectivity index (χ3v) is 2.10. The van der Waals surface area contributed by atoms with Crippen molar-refractivity contribution in [2.75, 3.05) is 13.1 Å². The summed E-state index contributed by atoms with van der Waals surface area (Å²) < 4.78 is 25.9. The van der Waals surface area contributed by atoms with Gasteiger partial charge in [-0.1, -0.05) is 0 Å². The molecule has 0 unspecified atom stereocenters. The van der Waals surface area contributed by atoms with Gasteiger partial charge in [-0.05, 0) is 30.2 Å². The molecule has 1 aromatic rings. The van der Waals surface area contributed by atoms with E-state index in [1.165, 1.54) is 0 Å². The SMILES string of the molecule is NCCNC(=O)CCc1cc(F)ccc1F. The normalized spacial score (nSPS) is 10.2. The maximum Gasteiger partial charge on any atom is 0.220 e. The van der Waals surface area contributed by atoms with Crippen LogP contribution < -0.4 is 11.1 Å². The number of benzene rings is 1. The number of hydrogen-bond donors (Lipinski definition) is 2. The largest absolute Gasteiger partial charge is 0.355 e. The van der Waals surface area contributed by atoms with Gasteiger partial charge in [-0.3, -0.25) is 4.79 Å². The van der Waals surface area contributed by atoms with Crippen LogP contribution in [0.2, 0.25) is 0 Å². The van der Waals surface area contributed by atoms with Crippen molar-refractivity contribution in [2.24, 2.45) is 5.73 Å². The average molecular weight is 228 g/mol. The van der Waals surface area contributed by atoms with Gasteiger partial charge in [0.05, 0.1) is 0 Å². The molecule has 0 radical (unpaired) electrons. The highest BCUT2D eigenvalue weighted by Gasteiger charge is 2.06. The summed E-state index contributed by atoms with van der Waals surface area (Å²) in [5, 5.41) is 2.56. The minimum atomic E-state index is -0.501. The maximum absolute atomic E-state index is 13.2. The first kappa shape index (κ1) is 12.6. The molecule has 0 atom stereocenters. The zero-order valence-corrected chi connectivity index (χ0v) is 8.80. The number of amides is 1. The number of aryl methyl sites for hydroxylation is 1. The molecule has 1 aromatic carbocycles. The van der Waals surface area contributed by atoms with Gasteiger partial charge in [-0.2, -0.15) is 0 Å². The Morgan fingerprint density at radius 1 is 1.38 bits per heavy atom. The summed E-state index contributed by atoms with van der Waals surface area (Å²) in [7, 11) is 0. The van der Waals surface area contributed by atoms with Crippen LogP contribution in [0.5, 0.6) is 0 Å². The van der Waals surface area contributed by atoms with E-state index in [0.717, 1.165) is 18.2 Å². The Kier molecular flexibility index (Phi) is 4.85. The first-order chi connectivity index (χ1) is 7.63. The number of nitrogens with two attached hydrogens (primary N) is 1. The summed E-state index contributed by atoms with van der Waals surface area (Å²) >= 11 is 0. The molecule has 0 heterocycles. The van der Waals surface area contributed by atoms with Gasteiger partial charge in [0.2, 0.25) is 5.91 Å². The van der Waals surface area contributed by atoms with E-state index in [9.17, 15) is 13.6 Å². The van der Waals surface area contributed by atoms with Crippen LogP contribution in [0.25, 0.3) is 0 Å². The van der Waals surface area contributed by atoms with E-state index in [-0.39, 0.29) is 24.3 Å². The van der Waals surface area contributed by atoms with Crippen LogP contribution in [-0.2, 0) is 11.2 Å². The summed E-state index contributed by atoms with van der Waals surface area (Å²) in [5.41, 5.74) is 5.41. The van der Waals surface area contributed by atoms with E-state index in [0.29, 0.717) is 13.1 Å². The Morgan fingerprint density at radius 2 is 2.12 bits per heavy atom. The Morgan fingerprint density at radius 3 is 2.81 bits per heavy atom. The summed E-state index contributed by atoms with van der Waals surface area (Å²) in [6.45, 7) is 0.754. The minimum Gasteiger partial charge on any atom is -0.355 e. The van der Waals surface area contributed by atoms with Gasteiger partial charge in [0.15, 0.2) is 0 Å². The Balaban J connectivity index is 2.47. The molecule has 0 saturated heterocycles. The standard InChI is InChI=1S/C11H14F2N2O/c12-9-2-3-10(13)8(7-9)1-4-11(16)15-6-5-14/h2-3,7H,1,4-6,14H2,(H,15,16). The van der Waals surface area contributed by atoms with Crippen molar-refractivity contribution in [1.29, 1.82) is 0 Å². The van der Waals surface area contributed by atoms with Crippen LogP contribution in [0.3, 0.4) is 0 Å². The van der Waals surface area contributed by atoms with Crippen molar-refractivity contribution >= 4 is 5.91 Å². The van der Waals surface area contributed by atoms with Crippen LogP contribution in [0.1, 0.15) is 12.0 Å². The molecule has 0 aliphatic rings. The van der Waals surface area contributed by atoms with Crippen molar-refractivity contribution in [3.8, 4) is 0 Å². The predicted molar refractivity (Wildman–Crippen MR) is 56.7 cm³/mol. The summed E-state index contributed by atoms with van der Waals surface area (Å²) in [6, 6.07) is 3.21. The van der Waals surface area contributed by atoms with E-state index in [2.05, 4.69) is 5.32 Å². The van der Waals surface area contributed by atoms with Gasteiger partial charge in [0.25, 0.3) is 0 Å². The number of halogens is 2. The molecule has 1 rings (SSSR count). The molecule has 0 bridgehead atoms. The second kappa shape index (κ2) is 6.17. The summed E-state index contributed by atoms with van der Waals surface area (Å²) in [4.78, 5) is 11.2. The topological polar surface area (TPSA) is 55.1 Å². The Labute approximate surface area is 92.6 Å². The van der Waals surface area contributed by atoms with E-state index >= 15 is 0 Å². The number of nitrogens with one attached hydrogen (secondary N) is 1. The van der Waals surface area contributed by atoms with Gasteiger partial charge in [0, 0.05) is 19.5 Å². The molecule has 5 heteroatoms. The number of hydrogen-bond acceptors (Lipinski definition) is 2. The lowest BCUT2D eigenvalue weighted by Gasteiger charge is -2.04. The molecule has 1 amide bonds. The molecule has 0 fully saturated rings. The van der Waals surface area contributed by atoms with Gasteiger partial charge >= 0.3 is 0 Å². The second-order valence-electron chi connectivity index (χ2n) is 3.37. The van der Waals surface area contributed by atoms with Crippen molar-refractivity contribution in [3.05, 3.63) is 35.4 Å². The first-order valence-electron chi connectivity index (χ1n) is 5.04. The zero-order valence-electron chi connectivity index (χ0n) is 8.80. The minimum absolute atomic E-state index is 0.125. The van der Waals surface area contributed by atoms with Crippen molar-refractivity contribution in [3.63, 3.8) is 0 Å². The highest BCUT2D eigenvalue weighted by molar-refractivity contribution is 5.76. The van der Waals surface area contributed by atoms with Crippen LogP contribution in [0.15, 0.2) is 18.2 Å². The summed E-state index contributed by atoms with van der Waals surface area (Å²) in [6.07, 6.45) is 0.306. The summed E-state index contributed by atoms with van der Waals surface area (Å²) in [5.74, 6) is -1.21. The molecule has 0 spiro atoms. The molecule has 0 aliphatic heterocycles. The predicted octanol–water partition coefficient (Wildman–Crippen LogP) is 0.972. The maximum atomic E-state index is 13.2. The molecule has 0 aliphatic carbocycles. The molecule has 16 heavy (non-hydrogen) atoms. The molecular formula is C11H14F2N2O. The molecular weight excluding hydrogens is 214 g/mol. The van der Waals surface area contributed by atoms with Crippen LogP contribution >= 0.6 is 0 Å². The highest BCUT2D eigenvalue weighted by atomic mass is 19.1. The van der Waals surface area contributed by atoms with Crippen LogP contribution in [0, 0.1) is 11.6 Å². The van der Waals surface area contributed by atoms with E-state index in [1.807, 2.05) is 0 Å². The fourth-order valence-corrected chi connectivity index (χ4v) is 1.28. The molecule has 0 saturated carbocycles. The van der Waals surface area contributed by atoms with Crippen molar-refractivity contribution in [1.82, 2.24) is 5.32 Å². The average Bonchev–Trinajstić information content (AvgIpc) is 2.27. The monoisotopic (exact) mass is 228 g/mol. The lowest BCUT2D eigenvalue weighted by Crippen LogP contribution is -2.29. The van der Waals surface area contributed by atoms with Crippen molar-refractivity contribution < 1.29 is 13.6 Å². The third kappa shape index (κ3) is 3.94. The van der Waals surface area contributed by atoms with Gasteiger partial charge < -0.3 is 11.1 Å². The number of carbonyl (C=O) groups is 1. The first-order valence-corrected chi connectivity index (χ1v) is 5.04. The fraction of sp³-hybridized carbons (Fsp3) is 0.364. The Hall–Kier alpha value is -1.49. The highest BCUT2D eigenvalue weighted by Crippen LogP contribution is 2.11. The lowest BCUT2D eigenvalue weighted by atomic mass is 10.1. The lowest BCUT2D eigenvalue weighted by molar-refractivity contribution is -0.121. The number of rotatable bonds is 5. The smallest absolute Gasteiger partial charge is 0.220 e. The Bertz CT molecular complexity index is 369. The van der Waals surface area contributed by atoms with Crippen LogP contribution in [-0.4, -0.2) is 19.0 Å². The van der Waals surface area contributed by atoms with Crippen molar-refractivity contribution in [2.45, 2.75) is 12.8 Å². The molecule has 3 nitrogen and oxygen atoms in total. The van der Waals surface area contributed by atoms with Gasteiger partial charge in [-0.15, -0.1) is 0 Å².